The molecule has 0 saturated heterocycles. The van der Waals surface area contributed by atoms with Gasteiger partial charge in [0.2, 0.25) is 11.8 Å². The number of carboxylic acids is 1. The smallest absolute Gasteiger partial charge is 0.343 e. The molecule has 106 valence electrons. The van der Waals surface area contributed by atoms with Crippen molar-refractivity contribution in [1.82, 2.24) is 4.98 Å². The minimum atomic E-state index is -1.21. The second-order valence-electron chi connectivity index (χ2n) is 4.35. The molecule has 0 unspecified atom stereocenters. The van der Waals surface area contributed by atoms with Crippen molar-refractivity contribution in [1.29, 1.82) is 0 Å². The fourth-order valence-corrected chi connectivity index (χ4v) is 1.96. The van der Waals surface area contributed by atoms with Crippen LogP contribution in [0.15, 0.2) is 6.20 Å². The lowest BCUT2D eigenvalue weighted by Crippen LogP contribution is -2.22. The number of aryl methyl sites for hydroxylation is 1. The zero-order chi connectivity index (χ0) is 14.5. The van der Waals surface area contributed by atoms with Gasteiger partial charge in [-0.3, -0.25) is 4.79 Å². The fraction of sp³-hybridized carbons (Fsp3) is 0.385. The number of hydrogen-bond acceptors (Lipinski definition) is 5. The highest BCUT2D eigenvalue weighted by atomic mass is 16.5. The van der Waals surface area contributed by atoms with Crippen LogP contribution in [0.3, 0.4) is 0 Å². The monoisotopic (exact) mass is 278 g/mol. The summed E-state index contributed by atoms with van der Waals surface area (Å²) in [4.78, 5) is 37.0. The summed E-state index contributed by atoms with van der Waals surface area (Å²) in [6.07, 6.45) is 3.86. The van der Waals surface area contributed by atoms with Crippen LogP contribution in [0, 0.1) is 0 Å². The molecule has 1 amide bonds. The fourth-order valence-electron chi connectivity index (χ4n) is 1.96. The van der Waals surface area contributed by atoms with Crippen LogP contribution in [0.1, 0.15) is 35.2 Å². The minimum Gasteiger partial charge on any atom is -0.477 e. The molecular weight excluding hydrogens is 264 g/mol. The number of aromatic nitrogens is 1. The van der Waals surface area contributed by atoms with E-state index in [-0.39, 0.29) is 29.6 Å². The number of anilines is 1. The van der Waals surface area contributed by atoms with Crippen molar-refractivity contribution in [3.63, 3.8) is 0 Å². The van der Waals surface area contributed by atoms with Crippen LogP contribution < -0.4 is 10.1 Å². The Labute approximate surface area is 115 Å². The number of fused-ring (bicyclic) bond motifs is 1. The second kappa shape index (κ2) is 6.14. The van der Waals surface area contributed by atoms with E-state index in [1.165, 1.54) is 6.20 Å². The van der Waals surface area contributed by atoms with Gasteiger partial charge < -0.3 is 20.0 Å². The van der Waals surface area contributed by atoms with Crippen molar-refractivity contribution in [3.05, 3.63) is 17.3 Å². The molecule has 0 fully saturated rings. The highest BCUT2D eigenvalue weighted by molar-refractivity contribution is 6.04. The number of rotatable bonds is 6. The maximum atomic E-state index is 11.4. The predicted octanol–water partition coefficient (Wildman–Crippen LogP) is 1.02. The number of ether oxygens (including phenoxy) is 1. The lowest BCUT2D eigenvalue weighted by Gasteiger charge is -2.20. The van der Waals surface area contributed by atoms with Gasteiger partial charge in [0.15, 0.2) is 0 Å². The van der Waals surface area contributed by atoms with Crippen LogP contribution in [0.25, 0.3) is 0 Å². The Kier molecular flexibility index (Phi) is 4.29. The van der Waals surface area contributed by atoms with E-state index in [0.717, 1.165) is 6.29 Å². The number of carboxylic acid groups (broad SMARTS) is 1. The Balaban J connectivity index is 2.28. The third kappa shape index (κ3) is 2.93. The van der Waals surface area contributed by atoms with Crippen LogP contribution >= 0.6 is 0 Å². The molecule has 0 radical (unpaired) electrons. The lowest BCUT2D eigenvalue weighted by molar-refractivity contribution is -0.116. The van der Waals surface area contributed by atoms with Crippen LogP contribution in [-0.4, -0.2) is 34.9 Å². The first kappa shape index (κ1) is 14.0. The maximum absolute atomic E-state index is 11.4. The van der Waals surface area contributed by atoms with Crippen molar-refractivity contribution < 1.29 is 24.2 Å². The van der Waals surface area contributed by atoms with Crippen molar-refractivity contribution >= 4 is 23.9 Å². The van der Waals surface area contributed by atoms with Crippen LogP contribution in [-0.2, 0) is 16.0 Å². The Morgan fingerprint density at radius 3 is 3.00 bits per heavy atom. The molecular formula is C13H14N2O5. The molecule has 0 aromatic carbocycles. The molecule has 1 aromatic rings. The number of carbonyl (C=O) groups excluding carboxylic acids is 2. The van der Waals surface area contributed by atoms with Gasteiger partial charge in [-0.05, 0) is 18.4 Å². The quantitative estimate of drug-likeness (QED) is 0.594. The molecule has 0 spiro atoms. The lowest BCUT2D eigenvalue weighted by atomic mass is 10.0. The molecule has 1 aromatic heterocycles. The maximum Gasteiger partial charge on any atom is 0.343 e. The molecule has 1 aliphatic rings. The molecule has 1 aliphatic heterocycles. The van der Waals surface area contributed by atoms with Gasteiger partial charge in [-0.1, -0.05) is 0 Å². The first-order valence-electron chi connectivity index (χ1n) is 6.25. The normalized spacial score (nSPS) is 13.3. The molecule has 0 saturated carbocycles. The van der Waals surface area contributed by atoms with E-state index in [0.29, 0.717) is 31.2 Å². The number of nitrogens with zero attached hydrogens (tertiary/aromatic N) is 1. The van der Waals surface area contributed by atoms with Crippen molar-refractivity contribution in [3.8, 4) is 5.88 Å². The van der Waals surface area contributed by atoms with Crippen LogP contribution in [0.2, 0.25) is 0 Å². The summed E-state index contributed by atoms with van der Waals surface area (Å²) in [6, 6.07) is 0. The average molecular weight is 278 g/mol. The standard InChI is InChI=1S/C13H14N2O5/c16-5-1-2-6-20-12-10(13(18)19)11-8(7-14-12)3-4-9(17)15-11/h5,7H,1-4,6H2,(H,15,17)(H,18,19). The minimum absolute atomic E-state index is 0.0376. The topological polar surface area (TPSA) is 106 Å². The number of unbranched alkanes of at least 4 members (excludes halogenated alkanes) is 1. The molecule has 2 heterocycles. The zero-order valence-corrected chi connectivity index (χ0v) is 10.7. The molecule has 2 N–H and O–H groups in total. The van der Waals surface area contributed by atoms with Gasteiger partial charge in [0.05, 0.1) is 12.3 Å². The van der Waals surface area contributed by atoms with Gasteiger partial charge in [0.1, 0.15) is 11.8 Å². The summed E-state index contributed by atoms with van der Waals surface area (Å²) >= 11 is 0. The first-order valence-corrected chi connectivity index (χ1v) is 6.25. The summed E-state index contributed by atoms with van der Waals surface area (Å²) in [5, 5.41) is 11.8. The highest BCUT2D eigenvalue weighted by Gasteiger charge is 2.26. The van der Waals surface area contributed by atoms with Gasteiger partial charge in [-0.2, -0.15) is 0 Å². The summed E-state index contributed by atoms with van der Waals surface area (Å²) in [7, 11) is 0. The summed E-state index contributed by atoms with van der Waals surface area (Å²) < 4.78 is 5.30. The zero-order valence-electron chi connectivity index (χ0n) is 10.7. The van der Waals surface area contributed by atoms with E-state index in [9.17, 15) is 19.5 Å². The number of pyridine rings is 1. The Hall–Kier alpha value is -2.44. The Morgan fingerprint density at radius 2 is 2.30 bits per heavy atom. The molecule has 0 aliphatic carbocycles. The number of nitrogens with one attached hydrogen (secondary N) is 1. The van der Waals surface area contributed by atoms with Crippen molar-refractivity contribution in [2.24, 2.45) is 0 Å². The average Bonchev–Trinajstić information content (AvgIpc) is 2.42. The van der Waals surface area contributed by atoms with E-state index < -0.39 is 5.97 Å². The SMILES string of the molecule is O=CCCCOc1ncc2c(c1C(=O)O)NC(=O)CC2. The highest BCUT2D eigenvalue weighted by Crippen LogP contribution is 2.31. The van der Waals surface area contributed by atoms with Gasteiger partial charge >= 0.3 is 5.97 Å². The van der Waals surface area contributed by atoms with Gasteiger partial charge in [0, 0.05) is 19.0 Å². The number of aromatic carboxylic acids is 1. The molecule has 2 rings (SSSR count). The second-order valence-corrected chi connectivity index (χ2v) is 4.35. The van der Waals surface area contributed by atoms with E-state index in [2.05, 4.69) is 10.3 Å². The third-order valence-corrected chi connectivity index (χ3v) is 2.93. The number of aldehydes is 1. The summed E-state index contributed by atoms with van der Waals surface area (Å²) in [5.41, 5.74) is 0.804. The predicted molar refractivity (Wildman–Crippen MR) is 68.9 cm³/mol. The van der Waals surface area contributed by atoms with Crippen LogP contribution in [0.4, 0.5) is 5.69 Å². The summed E-state index contributed by atoms with van der Waals surface area (Å²) in [6.45, 7) is 0.193. The van der Waals surface area contributed by atoms with E-state index in [1.807, 2.05) is 0 Å². The van der Waals surface area contributed by atoms with Crippen molar-refractivity contribution in [2.45, 2.75) is 25.7 Å². The Bertz CT molecular complexity index is 556. The van der Waals surface area contributed by atoms with Gasteiger partial charge in [-0.15, -0.1) is 0 Å². The van der Waals surface area contributed by atoms with E-state index in [4.69, 9.17) is 4.74 Å². The van der Waals surface area contributed by atoms with Gasteiger partial charge in [-0.25, -0.2) is 9.78 Å². The Morgan fingerprint density at radius 1 is 1.50 bits per heavy atom. The first-order chi connectivity index (χ1) is 9.63. The van der Waals surface area contributed by atoms with Gasteiger partial charge in [0.25, 0.3) is 0 Å². The molecule has 0 bridgehead atoms. The summed E-state index contributed by atoms with van der Waals surface area (Å²) in [5.74, 6) is -1.47. The molecule has 0 atom stereocenters. The number of amides is 1. The molecule has 7 heteroatoms. The van der Waals surface area contributed by atoms with E-state index >= 15 is 0 Å². The van der Waals surface area contributed by atoms with E-state index in [1.54, 1.807) is 0 Å². The number of carbonyl (C=O) groups is 3. The largest absolute Gasteiger partial charge is 0.477 e. The third-order valence-electron chi connectivity index (χ3n) is 2.93. The molecule has 7 nitrogen and oxygen atoms in total. The molecule has 20 heavy (non-hydrogen) atoms. The van der Waals surface area contributed by atoms with Crippen molar-refractivity contribution in [2.75, 3.05) is 11.9 Å². The van der Waals surface area contributed by atoms with Crippen LogP contribution in [0.5, 0.6) is 5.88 Å². The number of hydrogen-bond donors (Lipinski definition) is 2.